The zero-order valence-corrected chi connectivity index (χ0v) is 16.9. The standard InChI is InChI=1S/C22H28N2O3S/c1-2-9-24(17-21-7-5-12-26-21)15-19-6-3-4-8-22(19)27-18-20(25)16-23-10-13-28-14-11-23/h1,3-8,12,20,25H,9-11,13-18H2. The van der Waals surface area contributed by atoms with E-state index in [-0.39, 0.29) is 6.61 Å². The van der Waals surface area contributed by atoms with Crippen molar-refractivity contribution in [2.75, 3.05) is 44.3 Å². The lowest BCUT2D eigenvalue weighted by molar-refractivity contribution is 0.0708. The van der Waals surface area contributed by atoms with Crippen LogP contribution in [-0.4, -0.2) is 65.3 Å². The van der Waals surface area contributed by atoms with Gasteiger partial charge in [0.05, 0.1) is 19.4 Å². The van der Waals surface area contributed by atoms with Gasteiger partial charge in [0, 0.05) is 43.2 Å². The first-order valence-electron chi connectivity index (χ1n) is 9.61. The second-order valence-corrected chi connectivity index (χ2v) is 8.14. The Kier molecular flexibility index (Phi) is 8.31. The van der Waals surface area contributed by atoms with E-state index >= 15 is 0 Å². The fourth-order valence-electron chi connectivity index (χ4n) is 3.26. The molecule has 1 saturated heterocycles. The van der Waals surface area contributed by atoms with Gasteiger partial charge in [-0.05, 0) is 18.2 Å². The maximum Gasteiger partial charge on any atom is 0.123 e. The van der Waals surface area contributed by atoms with Crippen molar-refractivity contribution < 1.29 is 14.3 Å². The largest absolute Gasteiger partial charge is 0.491 e. The third kappa shape index (κ3) is 6.61. The van der Waals surface area contributed by atoms with E-state index < -0.39 is 6.10 Å². The van der Waals surface area contributed by atoms with E-state index in [4.69, 9.17) is 15.6 Å². The number of aliphatic hydroxyl groups is 1. The van der Waals surface area contributed by atoms with Crippen LogP contribution in [0.4, 0.5) is 0 Å². The normalized spacial score (nSPS) is 16.0. The van der Waals surface area contributed by atoms with Crippen LogP contribution in [0.1, 0.15) is 11.3 Å². The first kappa shape index (κ1) is 20.8. The Bertz CT molecular complexity index is 738. The Morgan fingerprint density at radius 2 is 2.04 bits per heavy atom. The number of aliphatic hydroxyl groups excluding tert-OH is 1. The van der Waals surface area contributed by atoms with Gasteiger partial charge in [-0.25, -0.2) is 0 Å². The van der Waals surface area contributed by atoms with Crippen molar-refractivity contribution in [1.82, 2.24) is 9.80 Å². The highest BCUT2D eigenvalue weighted by Crippen LogP contribution is 2.21. The Balaban J connectivity index is 1.56. The van der Waals surface area contributed by atoms with Crippen LogP contribution in [0.2, 0.25) is 0 Å². The van der Waals surface area contributed by atoms with Crippen LogP contribution in [0, 0.1) is 12.3 Å². The molecule has 0 saturated carbocycles. The molecular weight excluding hydrogens is 372 g/mol. The summed E-state index contributed by atoms with van der Waals surface area (Å²) in [5.41, 5.74) is 1.05. The zero-order chi connectivity index (χ0) is 19.6. The van der Waals surface area contributed by atoms with E-state index in [0.717, 1.165) is 41.7 Å². The number of benzene rings is 1. The van der Waals surface area contributed by atoms with Crippen LogP contribution in [0.3, 0.4) is 0 Å². The van der Waals surface area contributed by atoms with Crippen LogP contribution in [0.15, 0.2) is 47.1 Å². The number of para-hydroxylation sites is 1. The van der Waals surface area contributed by atoms with Gasteiger partial charge in [-0.15, -0.1) is 6.42 Å². The van der Waals surface area contributed by atoms with Gasteiger partial charge < -0.3 is 14.3 Å². The van der Waals surface area contributed by atoms with Gasteiger partial charge in [-0.3, -0.25) is 9.80 Å². The van der Waals surface area contributed by atoms with Crippen molar-refractivity contribution in [3.8, 4) is 18.1 Å². The second kappa shape index (κ2) is 11.2. The molecule has 3 rings (SSSR count). The van der Waals surface area contributed by atoms with Crippen LogP contribution in [0.5, 0.6) is 5.75 Å². The number of nitrogens with zero attached hydrogens (tertiary/aromatic N) is 2. The predicted molar refractivity (Wildman–Crippen MR) is 113 cm³/mol. The van der Waals surface area contributed by atoms with Gasteiger partial charge in [0.15, 0.2) is 0 Å². The van der Waals surface area contributed by atoms with E-state index in [1.165, 1.54) is 0 Å². The number of thioether (sulfide) groups is 1. The van der Waals surface area contributed by atoms with Crippen LogP contribution < -0.4 is 4.74 Å². The quantitative estimate of drug-likeness (QED) is 0.619. The summed E-state index contributed by atoms with van der Waals surface area (Å²) in [5, 5.41) is 10.4. The van der Waals surface area contributed by atoms with Crippen molar-refractivity contribution >= 4 is 11.8 Å². The molecule has 28 heavy (non-hydrogen) atoms. The number of rotatable bonds is 10. The summed E-state index contributed by atoms with van der Waals surface area (Å²) in [6, 6.07) is 11.7. The molecule has 0 bridgehead atoms. The molecule has 1 N–H and O–H groups in total. The molecule has 0 aliphatic carbocycles. The summed E-state index contributed by atoms with van der Waals surface area (Å²) >= 11 is 1.97. The number of terminal acetylenes is 1. The molecule has 0 radical (unpaired) electrons. The summed E-state index contributed by atoms with van der Waals surface area (Å²) in [6.45, 7) is 4.82. The minimum Gasteiger partial charge on any atom is -0.491 e. The molecule has 1 aliphatic heterocycles. The first-order valence-corrected chi connectivity index (χ1v) is 10.8. The lowest BCUT2D eigenvalue weighted by Gasteiger charge is -2.28. The maximum absolute atomic E-state index is 10.4. The number of β-amino-alcohol motifs (C(OH)–C–C–N with tert-alkyl or cyclic N) is 1. The molecule has 1 aromatic carbocycles. The first-order chi connectivity index (χ1) is 13.7. The minimum atomic E-state index is -0.499. The molecule has 150 valence electrons. The average molecular weight is 401 g/mol. The number of hydrogen-bond donors (Lipinski definition) is 1. The zero-order valence-electron chi connectivity index (χ0n) is 16.1. The summed E-state index contributed by atoms with van der Waals surface area (Å²) in [7, 11) is 0. The molecule has 2 aromatic rings. The van der Waals surface area contributed by atoms with Gasteiger partial charge in [0.25, 0.3) is 0 Å². The SMILES string of the molecule is C#CCN(Cc1ccco1)Cc1ccccc1OCC(O)CN1CCSCC1. The van der Waals surface area contributed by atoms with E-state index in [9.17, 15) is 5.11 Å². The van der Waals surface area contributed by atoms with Crippen LogP contribution >= 0.6 is 11.8 Å². The van der Waals surface area contributed by atoms with E-state index in [1.54, 1.807) is 6.26 Å². The Morgan fingerprint density at radius 3 is 2.79 bits per heavy atom. The Hall–Kier alpha value is -1.91. The lowest BCUT2D eigenvalue weighted by Crippen LogP contribution is -2.40. The molecule has 1 aliphatic rings. The molecule has 6 heteroatoms. The molecule has 5 nitrogen and oxygen atoms in total. The highest BCUT2D eigenvalue weighted by molar-refractivity contribution is 7.99. The summed E-state index contributed by atoms with van der Waals surface area (Å²) in [6.07, 6.45) is 6.72. The number of furan rings is 1. The second-order valence-electron chi connectivity index (χ2n) is 6.91. The van der Waals surface area contributed by atoms with Gasteiger partial charge in [-0.2, -0.15) is 11.8 Å². The predicted octanol–water partition coefficient (Wildman–Crippen LogP) is 2.70. The van der Waals surface area contributed by atoms with E-state index in [1.807, 2.05) is 48.2 Å². The molecular formula is C22H28N2O3S. The summed E-state index contributed by atoms with van der Waals surface area (Å²) < 4.78 is 11.4. The van der Waals surface area contributed by atoms with Crippen LogP contribution in [0.25, 0.3) is 0 Å². The van der Waals surface area contributed by atoms with Crippen molar-refractivity contribution in [2.45, 2.75) is 19.2 Å². The fourth-order valence-corrected chi connectivity index (χ4v) is 4.24. The molecule has 1 unspecified atom stereocenters. The van der Waals surface area contributed by atoms with E-state index in [2.05, 4.69) is 15.7 Å². The Morgan fingerprint density at radius 1 is 1.21 bits per heavy atom. The molecule has 0 spiro atoms. The minimum absolute atomic E-state index is 0.286. The van der Waals surface area contributed by atoms with Gasteiger partial charge in [0.2, 0.25) is 0 Å². The summed E-state index contributed by atoms with van der Waals surface area (Å²) in [5.74, 6) is 6.65. The van der Waals surface area contributed by atoms with Gasteiger partial charge in [0.1, 0.15) is 24.2 Å². The summed E-state index contributed by atoms with van der Waals surface area (Å²) in [4.78, 5) is 4.43. The van der Waals surface area contributed by atoms with Gasteiger partial charge >= 0.3 is 0 Å². The van der Waals surface area contributed by atoms with Crippen molar-refractivity contribution in [3.63, 3.8) is 0 Å². The Labute approximate surface area is 171 Å². The lowest BCUT2D eigenvalue weighted by atomic mass is 10.2. The van der Waals surface area contributed by atoms with Crippen LogP contribution in [-0.2, 0) is 13.1 Å². The number of ether oxygens (including phenoxy) is 1. The van der Waals surface area contributed by atoms with Gasteiger partial charge in [-0.1, -0.05) is 24.1 Å². The molecule has 1 fully saturated rings. The molecule has 1 atom stereocenters. The molecule has 2 heterocycles. The van der Waals surface area contributed by atoms with Crippen molar-refractivity contribution in [1.29, 1.82) is 0 Å². The maximum atomic E-state index is 10.4. The third-order valence-corrected chi connectivity index (χ3v) is 5.59. The molecule has 1 aromatic heterocycles. The number of hydrogen-bond acceptors (Lipinski definition) is 6. The molecule has 0 amide bonds. The monoisotopic (exact) mass is 400 g/mol. The highest BCUT2D eigenvalue weighted by Gasteiger charge is 2.16. The average Bonchev–Trinajstić information content (AvgIpc) is 3.21. The highest BCUT2D eigenvalue weighted by atomic mass is 32.2. The fraction of sp³-hybridized carbons (Fsp3) is 0.455. The van der Waals surface area contributed by atoms with E-state index in [0.29, 0.717) is 26.2 Å². The topological polar surface area (TPSA) is 49.1 Å². The smallest absolute Gasteiger partial charge is 0.123 e. The van der Waals surface area contributed by atoms with Crippen molar-refractivity contribution in [3.05, 3.63) is 54.0 Å². The third-order valence-electron chi connectivity index (χ3n) is 4.64. The van der Waals surface area contributed by atoms with Crippen molar-refractivity contribution in [2.24, 2.45) is 0 Å².